The van der Waals surface area contributed by atoms with Gasteiger partial charge in [0.1, 0.15) is 18.2 Å². The number of carboxylic acid groups (broad SMARTS) is 1. The molecule has 2 aliphatic heterocycles. The van der Waals surface area contributed by atoms with Crippen molar-refractivity contribution in [3.8, 4) is 0 Å². The number of benzene rings is 3. The fourth-order valence-corrected chi connectivity index (χ4v) is 7.82. The number of hydrogen-bond acceptors (Lipinski definition) is 6. The minimum atomic E-state index is -4.32. The summed E-state index contributed by atoms with van der Waals surface area (Å²) < 4.78 is 30.0. The number of carbonyl (C=O) groups is 3. The molecule has 2 amide bonds. The maximum atomic E-state index is 14.4. The number of fused-ring (bicyclic) bond motifs is 2. The van der Waals surface area contributed by atoms with Gasteiger partial charge in [-0.1, -0.05) is 66.7 Å². The Morgan fingerprint density at radius 2 is 1.58 bits per heavy atom. The first kappa shape index (κ1) is 28.5. The largest absolute Gasteiger partial charge is 0.481 e. The summed E-state index contributed by atoms with van der Waals surface area (Å²) in [6.07, 6.45) is 0.138. The van der Waals surface area contributed by atoms with Gasteiger partial charge in [-0.2, -0.15) is 4.31 Å². The van der Waals surface area contributed by atoms with E-state index >= 15 is 0 Å². The van der Waals surface area contributed by atoms with Crippen LogP contribution in [-0.4, -0.2) is 75.2 Å². The molecule has 0 saturated carbocycles. The number of carbonyl (C=O) groups excluding carboxylic acids is 2. The van der Waals surface area contributed by atoms with Crippen LogP contribution in [0.15, 0.2) is 102 Å². The van der Waals surface area contributed by atoms with E-state index in [1.54, 1.807) is 35.4 Å². The third-order valence-corrected chi connectivity index (χ3v) is 9.96. The Morgan fingerprint density at radius 1 is 0.860 bits per heavy atom. The average Bonchev–Trinajstić information content (AvgIpc) is 3.30. The van der Waals surface area contributed by atoms with Crippen LogP contribution >= 0.6 is 0 Å². The smallest absolute Gasteiger partial charge is 0.303 e. The second-order valence-electron chi connectivity index (χ2n) is 10.8. The van der Waals surface area contributed by atoms with Gasteiger partial charge in [0.25, 0.3) is 0 Å². The highest BCUT2D eigenvalue weighted by molar-refractivity contribution is 7.89. The quantitative estimate of drug-likeness (QED) is 0.313. The number of piperazine rings is 1. The second-order valence-corrected chi connectivity index (χ2v) is 12.6. The zero-order valence-corrected chi connectivity index (χ0v) is 24.0. The SMILES string of the molecule is O=C(O)CCC1C(=O)N2C(Cc3ccccc3)C(=O)N(Cc3ccccn3)CC2N1S(=O)(=O)c1ccc2ccccc2c1. The van der Waals surface area contributed by atoms with Crippen LogP contribution in [0.2, 0.25) is 0 Å². The van der Waals surface area contributed by atoms with E-state index < -0.39 is 46.6 Å². The fourth-order valence-electron chi connectivity index (χ4n) is 6.05. The van der Waals surface area contributed by atoms with Gasteiger partial charge >= 0.3 is 5.97 Å². The van der Waals surface area contributed by atoms with Crippen LogP contribution in [0.5, 0.6) is 0 Å². The minimum absolute atomic E-state index is 0.00559. The standard InChI is InChI=1S/C32H30N4O6S/c37-30(38)16-15-27-32(40)35-28(18-22-8-2-1-3-9-22)31(39)34(20-25-12-6-7-17-33-25)21-29(35)36(27)43(41,42)26-14-13-23-10-4-5-11-24(23)19-26/h1-14,17,19,27-29H,15-16,18,20-21H2,(H,37,38). The molecule has 0 aliphatic carbocycles. The monoisotopic (exact) mass is 598 g/mol. The number of pyridine rings is 1. The normalized spacial score (nSPS) is 20.9. The maximum absolute atomic E-state index is 14.4. The van der Waals surface area contributed by atoms with Gasteiger partial charge in [0.2, 0.25) is 21.8 Å². The molecule has 220 valence electrons. The predicted octanol–water partition coefficient (Wildman–Crippen LogP) is 3.28. The molecule has 4 aromatic rings. The molecule has 2 aliphatic rings. The molecule has 1 aromatic heterocycles. The van der Waals surface area contributed by atoms with Crippen molar-refractivity contribution >= 4 is 38.6 Å². The Labute approximate surface area is 249 Å². The Kier molecular flexibility index (Phi) is 7.68. The highest BCUT2D eigenvalue weighted by Crippen LogP contribution is 2.38. The van der Waals surface area contributed by atoms with Crippen molar-refractivity contribution in [3.05, 3.63) is 108 Å². The first-order valence-electron chi connectivity index (χ1n) is 14.0. The molecule has 3 atom stereocenters. The summed E-state index contributed by atoms with van der Waals surface area (Å²) in [6, 6.07) is 24.4. The lowest BCUT2D eigenvalue weighted by atomic mass is 10.00. The summed E-state index contributed by atoms with van der Waals surface area (Å²) in [5.74, 6) is -2.03. The number of rotatable bonds is 9. The molecule has 0 spiro atoms. The number of aliphatic carboxylic acids is 1. The van der Waals surface area contributed by atoms with E-state index in [2.05, 4.69) is 4.98 Å². The molecule has 2 fully saturated rings. The van der Waals surface area contributed by atoms with Crippen LogP contribution in [0, 0.1) is 0 Å². The summed E-state index contributed by atoms with van der Waals surface area (Å²) in [6.45, 7) is 0.0516. The lowest BCUT2D eigenvalue weighted by Crippen LogP contribution is -2.64. The van der Waals surface area contributed by atoms with Crippen molar-refractivity contribution in [2.45, 2.75) is 49.0 Å². The molecular formula is C32H30N4O6S. The van der Waals surface area contributed by atoms with Crippen LogP contribution in [0.1, 0.15) is 24.1 Å². The van der Waals surface area contributed by atoms with Crippen molar-refractivity contribution in [1.82, 2.24) is 19.1 Å². The molecule has 11 heteroatoms. The van der Waals surface area contributed by atoms with Gasteiger partial charge < -0.3 is 14.9 Å². The summed E-state index contributed by atoms with van der Waals surface area (Å²) in [7, 11) is -4.32. The van der Waals surface area contributed by atoms with Crippen molar-refractivity contribution in [1.29, 1.82) is 0 Å². The molecule has 6 rings (SSSR count). The molecule has 1 N–H and O–H groups in total. The van der Waals surface area contributed by atoms with Crippen LogP contribution in [0.3, 0.4) is 0 Å². The van der Waals surface area contributed by atoms with Crippen LogP contribution in [-0.2, 0) is 37.4 Å². The summed E-state index contributed by atoms with van der Waals surface area (Å²) in [5, 5.41) is 11.0. The molecule has 43 heavy (non-hydrogen) atoms. The van der Waals surface area contributed by atoms with Crippen molar-refractivity contribution in [2.75, 3.05) is 6.54 Å². The van der Waals surface area contributed by atoms with E-state index in [0.29, 0.717) is 11.1 Å². The second kappa shape index (κ2) is 11.6. The molecule has 10 nitrogen and oxygen atoms in total. The highest BCUT2D eigenvalue weighted by Gasteiger charge is 2.58. The fraction of sp³-hybridized carbons (Fsp3) is 0.250. The zero-order valence-electron chi connectivity index (χ0n) is 23.2. The molecule has 3 aromatic carbocycles. The number of sulfonamides is 1. The highest BCUT2D eigenvalue weighted by atomic mass is 32.2. The van der Waals surface area contributed by atoms with E-state index in [4.69, 9.17) is 0 Å². The van der Waals surface area contributed by atoms with Crippen molar-refractivity contribution in [2.24, 2.45) is 0 Å². The number of carboxylic acids is 1. The van der Waals surface area contributed by atoms with Gasteiger partial charge in [-0.15, -0.1) is 0 Å². The Balaban J connectivity index is 1.45. The minimum Gasteiger partial charge on any atom is -0.481 e. The van der Waals surface area contributed by atoms with Crippen LogP contribution in [0.25, 0.3) is 10.8 Å². The van der Waals surface area contributed by atoms with Crippen LogP contribution in [0.4, 0.5) is 0 Å². The van der Waals surface area contributed by atoms with E-state index in [-0.39, 0.29) is 36.7 Å². The summed E-state index contributed by atoms with van der Waals surface area (Å²) >= 11 is 0. The van der Waals surface area contributed by atoms with Crippen LogP contribution < -0.4 is 0 Å². The molecule has 0 radical (unpaired) electrons. The molecule has 0 bridgehead atoms. The van der Waals surface area contributed by atoms with E-state index in [1.165, 1.54) is 11.0 Å². The first-order valence-corrected chi connectivity index (χ1v) is 15.5. The topological polar surface area (TPSA) is 128 Å². The maximum Gasteiger partial charge on any atom is 0.303 e. The van der Waals surface area contributed by atoms with E-state index in [9.17, 15) is 27.9 Å². The lowest BCUT2D eigenvalue weighted by Gasteiger charge is -2.44. The lowest BCUT2D eigenvalue weighted by molar-refractivity contribution is -0.153. The van der Waals surface area contributed by atoms with Gasteiger partial charge in [-0.25, -0.2) is 8.42 Å². The number of hydrogen-bond donors (Lipinski definition) is 1. The molecule has 3 unspecified atom stereocenters. The number of amides is 2. The predicted molar refractivity (Wildman–Crippen MR) is 158 cm³/mol. The third-order valence-electron chi connectivity index (χ3n) is 8.06. The Hall–Kier alpha value is -4.61. The molecule has 2 saturated heterocycles. The van der Waals surface area contributed by atoms with Gasteiger partial charge in [0, 0.05) is 19.0 Å². The van der Waals surface area contributed by atoms with Crippen molar-refractivity contribution in [3.63, 3.8) is 0 Å². The van der Waals surface area contributed by atoms with Crippen molar-refractivity contribution < 1.29 is 27.9 Å². The summed E-state index contributed by atoms with van der Waals surface area (Å²) in [5.41, 5.74) is 1.43. The van der Waals surface area contributed by atoms with Gasteiger partial charge in [0.05, 0.1) is 23.7 Å². The van der Waals surface area contributed by atoms with Gasteiger partial charge in [-0.05, 0) is 47.0 Å². The Morgan fingerprint density at radius 3 is 2.30 bits per heavy atom. The van der Waals surface area contributed by atoms with Gasteiger partial charge in [0.15, 0.2) is 0 Å². The first-order chi connectivity index (χ1) is 20.7. The van der Waals surface area contributed by atoms with Gasteiger partial charge in [-0.3, -0.25) is 19.4 Å². The molecule has 3 heterocycles. The summed E-state index contributed by atoms with van der Waals surface area (Å²) in [4.78, 5) is 47.0. The Bertz CT molecular complexity index is 1780. The van der Waals surface area contributed by atoms with E-state index in [0.717, 1.165) is 15.3 Å². The third kappa shape index (κ3) is 5.49. The van der Waals surface area contributed by atoms with E-state index in [1.807, 2.05) is 60.7 Å². The molecular weight excluding hydrogens is 568 g/mol. The average molecular weight is 599 g/mol. The number of aromatic nitrogens is 1. The zero-order chi connectivity index (χ0) is 30.1. The number of nitrogens with zero attached hydrogens (tertiary/aromatic N) is 4.